The Morgan fingerprint density at radius 2 is 1.81 bits per heavy atom. The van der Waals surface area contributed by atoms with E-state index in [-0.39, 0.29) is 18.7 Å². The third-order valence-electron chi connectivity index (χ3n) is 4.80. The Morgan fingerprint density at radius 1 is 1.05 bits per heavy atom. The summed E-state index contributed by atoms with van der Waals surface area (Å²) < 4.78 is 0. The fourth-order valence-corrected chi connectivity index (χ4v) is 3.61. The highest BCUT2D eigenvalue weighted by Gasteiger charge is 2.26. The van der Waals surface area contributed by atoms with Crippen molar-refractivity contribution >= 4 is 11.9 Å². The molecule has 2 N–H and O–H groups in total. The summed E-state index contributed by atoms with van der Waals surface area (Å²) in [4.78, 5) is 24.6. The number of amides is 1. The number of nitrogens with one attached hydrogen (secondary N) is 1. The van der Waals surface area contributed by atoms with Gasteiger partial charge in [0, 0.05) is 25.6 Å². The number of piperidine rings is 1. The van der Waals surface area contributed by atoms with Crippen LogP contribution in [0.15, 0.2) is 0 Å². The minimum absolute atomic E-state index is 0.0787. The van der Waals surface area contributed by atoms with Crippen LogP contribution < -0.4 is 5.32 Å². The number of carbonyl (C=O) groups is 2. The summed E-state index contributed by atoms with van der Waals surface area (Å²) in [7, 11) is 0. The largest absolute Gasteiger partial charge is 0.481 e. The molecule has 0 unspecified atom stereocenters. The van der Waals surface area contributed by atoms with Crippen molar-refractivity contribution in [3.8, 4) is 0 Å². The lowest BCUT2D eigenvalue weighted by Gasteiger charge is -2.40. The number of carboxylic acid groups (broad SMARTS) is 1. The molecule has 0 aromatic rings. The van der Waals surface area contributed by atoms with Crippen LogP contribution in [0.25, 0.3) is 0 Å². The van der Waals surface area contributed by atoms with Crippen molar-refractivity contribution in [3.05, 3.63) is 0 Å². The molecule has 1 heterocycles. The molecule has 2 aliphatic rings. The van der Waals surface area contributed by atoms with E-state index in [9.17, 15) is 9.59 Å². The van der Waals surface area contributed by atoms with Crippen LogP contribution in [0.1, 0.15) is 57.8 Å². The molecule has 1 atom stereocenters. The van der Waals surface area contributed by atoms with Crippen LogP contribution in [-0.4, -0.2) is 47.6 Å². The van der Waals surface area contributed by atoms with Gasteiger partial charge in [-0.25, -0.2) is 0 Å². The molecule has 21 heavy (non-hydrogen) atoms. The van der Waals surface area contributed by atoms with E-state index in [1.807, 2.05) is 0 Å². The fourth-order valence-electron chi connectivity index (χ4n) is 3.61. The molecule has 1 aliphatic heterocycles. The van der Waals surface area contributed by atoms with E-state index in [2.05, 4.69) is 10.2 Å². The summed E-state index contributed by atoms with van der Waals surface area (Å²) in [6.45, 7) is 2.99. The van der Waals surface area contributed by atoms with E-state index >= 15 is 0 Å². The lowest BCUT2D eigenvalue weighted by molar-refractivity contribution is -0.138. The number of aliphatic carboxylic acids is 1. The first kappa shape index (κ1) is 16.3. The number of hydrogen-bond acceptors (Lipinski definition) is 3. The summed E-state index contributed by atoms with van der Waals surface area (Å²) in [5, 5.41) is 11.5. The smallest absolute Gasteiger partial charge is 0.303 e. The summed E-state index contributed by atoms with van der Waals surface area (Å²) in [5.74, 6) is -0.520. The van der Waals surface area contributed by atoms with Crippen molar-refractivity contribution in [2.24, 2.45) is 5.92 Å². The molecule has 0 spiro atoms. The molecule has 0 radical (unpaired) electrons. The molecule has 1 amide bonds. The summed E-state index contributed by atoms with van der Waals surface area (Å²) in [6, 6.07) is 0.754. The molecule has 1 saturated heterocycles. The van der Waals surface area contributed by atoms with E-state index < -0.39 is 5.97 Å². The maximum atomic E-state index is 11.6. The first-order valence-corrected chi connectivity index (χ1v) is 8.37. The average molecular weight is 296 g/mol. The van der Waals surface area contributed by atoms with Gasteiger partial charge in [-0.3, -0.25) is 9.59 Å². The maximum absolute atomic E-state index is 11.6. The van der Waals surface area contributed by atoms with Gasteiger partial charge < -0.3 is 15.3 Å². The van der Waals surface area contributed by atoms with Crippen molar-refractivity contribution in [1.82, 2.24) is 10.2 Å². The summed E-state index contributed by atoms with van der Waals surface area (Å²) in [6.07, 6.45) is 9.16. The Labute approximate surface area is 127 Å². The zero-order valence-corrected chi connectivity index (χ0v) is 12.9. The monoisotopic (exact) mass is 296 g/mol. The predicted molar refractivity (Wildman–Crippen MR) is 81.0 cm³/mol. The van der Waals surface area contributed by atoms with Gasteiger partial charge in [0.25, 0.3) is 0 Å². The first-order chi connectivity index (χ1) is 10.1. The van der Waals surface area contributed by atoms with Crippen molar-refractivity contribution in [2.45, 2.75) is 63.8 Å². The number of carboxylic acids is 1. The van der Waals surface area contributed by atoms with Gasteiger partial charge in [-0.05, 0) is 38.1 Å². The zero-order valence-electron chi connectivity index (χ0n) is 12.9. The Balaban J connectivity index is 1.68. The third-order valence-corrected chi connectivity index (χ3v) is 4.80. The van der Waals surface area contributed by atoms with Crippen LogP contribution in [0, 0.1) is 5.92 Å². The van der Waals surface area contributed by atoms with E-state index in [0.29, 0.717) is 12.5 Å². The van der Waals surface area contributed by atoms with E-state index in [1.165, 1.54) is 51.5 Å². The molecule has 1 saturated carbocycles. The van der Waals surface area contributed by atoms with Crippen LogP contribution in [0.4, 0.5) is 0 Å². The molecular weight excluding hydrogens is 268 g/mol. The van der Waals surface area contributed by atoms with Gasteiger partial charge in [0.05, 0.1) is 6.42 Å². The van der Waals surface area contributed by atoms with Gasteiger partial charge in [0.1, 0.15) is 0 Å². The van der Waals surface area contributed by atoms with Gasteiger partial charge in [0.15, 0.2) is 0 Å². The van der Waals surface area contributed by atoms with E-state index in [0.717, 1.165) is 12.6 Å². The number of rotatable bonds is 6. The first-order valence-electron chi connectivity index (χ1n) is 8.37. The van der Waals surface area contributed by atoms with Gasteiger partial charge in [-0.1, -0.05) is 19.3 Å². The molecule has 2 rings (SSSR count). The Hall–Kier alpha value is -1.10. The van der Waals surface area contributed by atoms with Crippen LogP contribution in [-0.2, 0) is 9.59 Å². The zero-order chi connectivity index (χ0) is 15.1. The highest BCUT2D eigenvalue weighted by Crippen LogP contribution is 2.26. The Bertz CT molecular complexity index is 353. The van der Waals surface area contributed by atoms with Gasteiger partial charge in [-0.2, -0.15) is 0 Å². The minimum atomic E-state index is -0.911. The van der Waals surface area contributed by atoms with Crippen molar-refractivity contribution in [2.75, 3.05) is 19.6 Å². The Morgan fingerprint density at radius 3 is 2.52 bits per heavy atom. The van der Waals surface area contributed by atoms with Gasteiger partial charge in [0.2, 0.25) is 5.91 Å². The minimum Gasteiger partial charge on any atom is -0.481 e. The topological polar surface area (TPSA) is 69.6 Å². The second-order valence-electron chi connectivity index (χ2n) is 6.49. The standard InChI is InChI=1S/C16H28N2O3/c19-15(8-9-16(20)21)17-11-13-5-4-10-18(12-13)14-6-2-1-3-7-14/h13-14H,1-12H2,(H,17,19)(H,20,21)/t13-/m1/s1. The maximum Gasteiger partial charge on any atom is 0.303 e. The van der Waals surface area contributed by atoms with Gasteiger partial charge >= 0.3 is 5.97 Å². The van der Waals surface area contributed by atoms with Gasteiger partial charge in [-0.15, -0.1) is 0 Å². The molecule has 120 valence electrons. The second kappa shape index (κ2) is 8.37. The number of likely N-dealkylation sites (tertiary alicyclic amines) is 1. The molecule has 1 aliphatic carbocycles. The lowest BCUT2D eigenvalue weighted by atomic mass is 9.90. The van der Waals surface area contributed by atoms with Crippen molar-refractivity contribution < 1.29 is 14.7 Å². The normalized spacial score (nSPS) is 24.7. The molecule has 5 heteroatoms. The molecule has 5 nitrogen and oxygen atoms in total. The SMILES string of the molecule is O=C(O)CCC(=O)NC[C@H]1CCCN(C2CCCCC2)C1. The lowest BCUT2D eigenvalue weighted by Crippen LogP contribution is -2.46. The highest BCUT2D eigenvalue weighted by molar-refractivity contribution is 5.80. The molecular formula is C16H28N2O3. The molecule has 0 aromatic carbocycles. The molecule has 0 bridgehead atoms. The highest BCUT2D eigenvalue weighted by atomic mass is 16.4. The van der Waals surface area contributed by atoms with Crippen molar-refractivity contribution in [1.29, 1.82) is 0 Å². The van der Waals surface area contributed by atoms with Crippen LogP contribution >= 0.6 is 0 Å². The second-order valence-corrected chi connectivity index (χ2v) is 6.49. The fraction of sp³-hybridized carbons (Fsp3) is 0.875. The number of hydrogen-bond donors (Lipinski definition) is 2. The van der Waals surface area contributed by atoms with E-state index in [4.69, 9.17) is 5.11 Å². The molecule has 2 fully saturated rings. The summed E-state index contributed by atoms with van der Waals surface area (Å²) >= 11 is 0. The summed E-state index contributed by atoms with van der Waals surface area (Å²) in [5.41, 5.74) is 0. The number of carbonyl (C=O) groups excluding carboxylic acids is 1. The predicted octanol–water partition coefficient (Wildman–Crippen LogP) is 2.01. The third kappa shape index (κ3) is 5.65. The molecule has 0 aromatic heterocycles. The van der Waals surface area contributed by atoms with E-state index in [1.54, 1.807) is 0 Å². The Kier molecular flexibility index (Phi) is 6.49. The quantitative estimate of drug-likeness (QED) is 0.786. The van der Waals surface area contributed by atoms with Crippen molar-refractivity contribution in [3.63, 3.8) is 0 Å². The average Bonchev–Trinajstić information content (AvgIpc) is 2.52. The van der Waals surface area contributed by atoms with Crippen LogP contribution in [0.5, 0.6) is 0 Å². The van der Waals surface area contributed by atoms with Crippen LogP contribution in [0.3, 0.4) is 0 Å². The van der Waals surface area contributed by atoms with Crippen LogP contribution in [0.2, 0.25) is 0 Å². The number of nitrogens with zero attached hydrogens (tertiary/aromatic N) is 1.